The molecule has 0 aliphatic carbocycles. The van der Waals surface area contributed by atoms with Gasteiger partial charge in [-0.1, -0.05) is 6.92 Å². The molecular weight excluding hydrogens is 236 g/mol. The molecule has 0 spiro atoms. The molecule has 0 aromatic heterocycles. The van der Waals surface area contributed by atoms with Gasteiger partial charge in [-0.3, -0.25) is 4.72 Å². The van der Waals surface area contributed by atoms with Gasteiger partial charge in [-0.15, -0.1) is 0 Å². The highest BCUT2D eigenvalue weighted by Crippen LogP contribution is 2.21. The maximum atomic E-state index is 13.5. The highest BCUT2D eigenvalue weighted by Gasteiger charge is 2.15. The van der Waals surface area contributed by atoms with Crippen molar-refractivity contribution >= 4 is 15.7 Å². The summed E-state index contributed by atoms with van der Waals surface area (Å²) in [6, 6.07) is 2.10. The van der Waals surface area contributed by atoms with Crippen molar-refractivity contribution in [2.45, 2.75) is 20.3 Å². The molecule has 1 rings (SSSR count). The average Bonchev–Trinajstić information content (AvgIpc) is 2.19. The summed E-state index contributed by atoms with van der Waals surface area (Å²) in [6.45, 7) is 2.95. The van der Waals surface area contributed by atoms with Crippen LogP contribution in [0.15, 0.2) is 12.1 Å². The minimum atomic E-state index is -3.55. The van der Waals surface area contributed by atoms with Crippen molar-refractivity contribution in [3.8, 4) is 0 Å². The lowest BCUT2D eigenvalue weighted by molar-refractivity contribution is 0.569. The monoisotopic (exact) mass is 249 g/mol. The van der Waals surface area contributed by atoms with E-state index in [1.54, 1.807) is 6.92 Å². The first-order valence-corrected chi connectivity index (χ1v) is 6.47. The van der Waals surface area contributed by atoms with Crippen LogP contribution in [0.4, 0.5) is 14.5 Å². The van der Waals surface area contributed by atoms with Gasteiger partial charge in [-0.05, 0) is 25.5 Å². The van der Waals surface area contributed by atoms with Crippen molar-refractivity contribution in [2.75, 3.05) is 10.5 Å². The van der Waals surface area contributed by atoms with E-state index in [-0.39, 0.29) is 17.0 Å². The third-order valence-corrected chi connectivity index (χ3v) is 3.54. The van der Waals surface area contributed by atoms with E-state index in [0.717, 1.165) is 12.1 Å². The molecule has 16 heavy (non-hydrogen) atoms. The second-order valence-corrected chi connectivity index (χ2v) is 5.30. The van der Waals surface area contributed by atoms with Crippen LogP contribution in [0.2, 0.25) is 0 Å². The van der Waals surface area contributed by atoms with E-state index < -0.39 is 21.7 Å². The predicted molar refractivity (Wildman–Crippen MR) is 58.8 cm³/mol. The predicted octanol–water partition coefficient (Wildman–Crippen LogP) is 2.42. The van der Waals surface area contributed by atoms with Crippen molar-refractivity contribution in [1.29, 1.82) is 0 Å². The summed E-state index contributed by atoms with van der Waals surface area (Å²) in [6.07, 6.45) is 0.428. The van der Waals surface area contributed by atoms with Crippen molar-refractivity contribution < 1.29 is 17.2 Å². The van der Waals surface area contributed by atoms with Crippen LogP contribution in [0.25, 0.3) is 0 Å². The van der Waals surface area contributed by atoms with Gasteiger partial charge in [-0.25, -0.2) is 17.2 Å². The Balaban J connectivity index is 3.04. The van der Waals surface area contributed by atoms with Crippen LogP contribution in [-0.4, -0.2) is 14.2 Å². The maximum Gasteiger partial charge on any atom is 0.232 e. The summed E-state index contributed by atoms with van der Waals surface area (Å²) in [5.41, 5.74) is -0.413. The number of sulfonamides is 1. The van der Waals surface area contributed by atoms with Crippen LogP contribution in [0.5, 0.6) is 0 Å². The first-order valence-electron chi connectivity index (χ1n) is 4.82. The Labute approximate surface area is 93.5 Å². The topological polar surface area (TPSA) is 46.2 Å². The number of halogens is 2. The molecule has 0 bridgehead atoms. The number of benzene rings is 1. The zero-order chi connectivity index (χ0) is 12.3. The van der Waals surface area contributed by atoms with E-state index in [9.17, 15) is 17.2 Å². The van der Waals surface area contributed by atoms with Crippen LogP contribution in [0, 0.1) is 18.6 Å². The van der Waals surface area contributed by atoms with Gasteiger partial charge in [0.1, 0.15) is 5.82 Å². The molecule has 1 N–H and O–H groups in total. The number of rotatable bonds is 4. The fourth-order valence-electron chi connectivity index (χ4n) is 1.23. The molecule has 1 aromatic carbocycles. The van der Waals surface area contributed by atoms with E-state index >= 15 is 0 Å². The smallest absolute Gasteiger partial charge is 0.232 e. The molecule has 0 atom stereocenters. The van der Waals surface area contributed by atoms with Crippen molar-refractivity contribution in [1.82, 2.24) is 0 Å². The molecule has 6 heteroatoms. The quantitative estimate of drug-likeness (QED) is 0.890. The molecule has 0 fully saturated rings. The Kier molecular flexibility index (Phi) is 3.85. The van der Waals surface area contributed by atoms with Crippen LogP contribution in [0.3, 0.4) is 0 Å². The average molecular weight is 249 g/mol. The second kappa shape index (κ2) is 4.78. The summed E-state index contributed by atoms with van der Waals surface area (Å²) < 4.78 is 51.2. The van der Waals surface area contributed by atoms with Crippen molar-refractivity contribution in [3.05, 3.63) is 29.3 Å². The van der Waals surface area contributed by atoms with Gasteiger partial charge in [0.15, 0.2) is 5.82 Å². The summed E-state index contributed by atoms with van der Waals surface area (Å²) in [7, 11) is -3.55. The molecule has 0 radical (unpaired) electrons. The maximum absolute atomic E-state index is 13.5. The van der Waals surface area contributed by atoms with Gasteiger partial charge in [0.25, 0.3) is 0 Å². The van der Waals surface area contributed by atoms with Gasteiger partial charge >= 0.3 is 0 Å². The second-order valence-electron chi connectivity index (χ2n) is 3.45. The van der Waals surface area contributed by atoms with Crippen LogP contribution in [0.1, 0.15) is 18.9 Å². The molecule has 0 aliphatic heterocycles. The SMILES string of the molecule is CCCS(=O)(=O)Nc1ccc(F)c(C)c1F. The Morgan fingerprint density at radius 3 is 2.50 bits per heavy atom. The Bertz CT molecular complexity index is 486. The molecule has 1 aromatic rings. The largest absolute Gasteiger partial charge is 0.281 e. The Morgan fingerprint density at radius 2 is 1.94 bits per heavy atom. The number of anilines is 1. The highest BCUT2D eigenvalue weighted by molar-refractivity contribution is 7.92. The van der Waals surface area contributed by atoms with Crippen molar-refractivity contribution in [3.63, 3.8) is 0 Å². The van der Waals surface area contributed by atoms with E-state index in [1.807, 2.05) is 0 Å². The molecule has 0 saturated carbocycles. The standard InChI is InChI=1S/C10H13F2NO2S/c1-3-6-16(14,15)13-9-5-4-8(11)7(2)10(9)12/h4-5,13H,3,6H2,1-2H3. The number of hydrogen-bond donors (Lipinski definition) is 1. The lowest BCUT2D eigenvalue weighted by atomic mass is 10.2. The molecule has 0 heterocycles. The normalized spacial score (nSPS) is 11.5. The van der Waals surface area contributed by atoms with E-state index in [4.69, 9.17) is 0 Å². The molecular formula is C10H13F2NO2S. The molecule has 90 valence electrons. The van der Waals surface area contributed by atoms with Gasteiger partial charge in [0.2, 0.25) is 10.0 Å². The number of nitrogens with one attached hydrogen (secondary N) is 1. The fraction of sp³-hybridized carbons (Fsp3) is 0.400. The summed E-state index contributed by atoms with van der Waals surface area (Å²) in [5, 5.41) is 0. The lowest BCUT2D eigenvalue weighted by Gasteiger charge is -2.09. The lowest BCUT2D eigenvalue weighted by Crippen LogP contribution is -2.17. The van der Waals surface area contributed by atoms with Gasteiger partial charge in [0, 0.05) is 5.56 Å². The zero-order valence-electron chi connectivity index (χ0n) is 9.05. The van der Waals surface area contributed by atoms with E-state index in [0.29, 0.717) is 6.42 Å². The molecule has 0 amide bonds. The number of hydrogen-bond acceptors (Lipinski definition) is 2. The van der Waals surface area contributed by atoms with Crippen LogP contribution in [-0.2, 0) is 10.0 Å². The first-order chi connectivity index (χ1) is 7.37. The van der Waals surface area contributed by atoms with Gasteiger partial charge in [0.05, 0.1) is 11.4 Å². The Morgan fingerprint density at radius 1 is 1.31 bits per heavy atom. The van der Waals surface area contributed by atoms with Gasteiger partial charge in [-0.2, -0.15) is 0 Å². The minimum absolute atomic E-state index is 0.0944. The molecule has 0 aliphatic rings. The molecule has 3 nitrogen and oxygen atoms in total. The summed E-state index contributed by atoms with van der Waals surface area (Å²) in [4.78, 5) is 0. The summed E-state index contributed by atoms with van der Waals surface area (Å²) in [5.74, 6) is -1.67. The molecule has 0 saturated heterocycles. The zero-order valence-corrected chi connectivity index (χ0v) is 9.87. The van der Waals surface area contributed by atoms with Crippen molar-refractivity contribution in [2.24, 2.45) is 0 Å². The van der Waals surface area contributed by atoms with Crippen LogP contribution < -0.4 is 4.72 Å². The molecule has 0 unspecified atom stereocenters. The van der Waals surface area contributed by atoms with Crippen LogP contribution >= 0.6 is 0 Å². The van der Waals surface area contributed by atoms with Gasteiger partial charge < -0.3 is 0 Å². The minimum Gasteiger partial charge on any atom is -0.281 e. The highest BCUT2D eigenvalue weighted by atomic mass is 32.2. The fourth-order valence-corrected chi connectivity index (χ4v) is 2.36. The van der Waals surface area contributed by atoms with E-state index in [2.05, 4.69) is 4.72 Å². The third-order valence-electron chi connectivity index (χ3n) is 2.06. The Hall–Kier alpha value is -1.17. The third kappa shape index (κ3) is 2.91. The summed E-state index contributed by atoms with van der Waals surface area (Å²) >= 11 is 0. The first kappa shape index (κ1) is 12.9. The van der Waals surface area contributed by atoms with E-state index in [1.165, 1.54) is 6.92 Å².